The molecule has 1 aliphatic rings. The Morgan fingerprint density at radius 1 is 1.23 bits per heavy atom. The van der Waals surface area contributed by atoms with Crippen LogP contribution in [0.25, 0.3) is 10.9 Å². The molecule has 1 fully saturated rings. The summed E-state index contributed by atoms with van der Waals surface area (Å²) in [6.07, 6.45) is 2.84. The molecule has 0 radical (unpaired) electrons. The number of carbonyl (C=O) groups excluding carboxylic acids is 1. The molecular formula is C21H22FN3O4S. The van der Waals surface area contributed by atoms with Crippen LogP contribution in [0.2, 0.25) is 0 Å². The van der Waals surface area contributed by atoms with Crippen molar-refractivity contribution in [2.24, 2.45) is 5.92 Å². The lowest BCUT2D eigenvalue weighted by molar-refractivity contribution is 0.0598. The first-order valence-electron chi connectivity index (χ1n) is 9.66. The van der Waals surface area contributed by atoms with Crippen LogP contribution in [0.15, 0.2) is 47.4 Å². The maximum absolute atomic E-state index is 13.7. The van der Waals surface area contributed by atoms with Gasteiger partial charge in [-0.25, -0.2) is 12.8 Å². The number of rotatable bonds is 5. The number of nitrogens with zero attached hydrogens (tertiary/aromatic N) is 2. The van der Waals surface area contributed by atoms with Crippen LogP contribution in [0.4, 0.5) is 10.1 Å². The van der Waals surface area contributed by atoms with Gasteiger partial charge in [-0.3, -0.25) is 9.48 Å². The Bertz CT molecular complexity index is 1200. The minimum absolute atomic E-state index is 0.114. The number of sulfone groups is 1. The average molecular weight is 431 g/mol. The first kappa shape index (κ1) is 20.5. The summed E-state index contributed by atoms with van der Waals surface area (Å²) >= 11 is 0. The van der Waals surface area contributed by atoms with Gasteiger partial charge in [-0.2, -0.15) is 5.10 Å². The molecule has 0 bridgehead atoms. The van der Waals surface area contributed by atoms with Crippen molar-refractivity contribution in [3.05, 3.63) is 54.0 Å². The summed E-state index contributed by atoms with van der Waals surface area (Å²) in [5, 5.41) is 7.77. The monoisotopic (exact) mass is 431 g/mol. The number of benzene rings is 2. The molecular weight excluding hydrogens is 409 g/mol. The van der Waals surface area contributed by atoms with Crippen molar-refractivity contribution in [1.82, 2.24) is 9.78 Å². The van der Waals surface area contributed by atoms with Gasteiger partial charge in [0.25, 0.3) is 5.91 Å². The van der Waals surface area contributed by atoms with Crippen molar-refractivity contribution in [3.8, 4) is 0 Å². The van der Waals surface area contributed by atoms with Gasteiger partial charge < -0.3 is 10.1 Å². The minimum Gasteiger partial charge on any atom is -0.381 e. The van der Waals surface area contributed by atoms with Gasteiger partial charge in [-0.15, -0.1) is 0 Å². The maximum atomic E-state index is 13.7. The highest BCUT2D eigenvalue weighted by atomic mass is 32.2. The Labute approximate surface area is 173 Å². The van der Waals surface area contributed by atoms with Crippen LogP contribution < -0.4 is 5.32 Å². The second-order valence-corrected chi connectivity index (χ2v) is 9.52. The molecule has 3 aromatic rings. The SMILES string of the molecule is CS(=O)(=O)c1cccc(NC(=O)c2c3ccc(F)cc3nn2CC2CCOCC2)c1. The van der Waals surface area contributed by atoms with Gasteiger partial charge in [-0.05, 0) is 49.1 Å². The molecule has 1 amide bonds. The van der Waals surface area contributed by atoms with Crippen LogP contribution >= 0.6 is 0 Å². The summed E-state index contributed by atoms with van der Waals surface area (Å²) in [5.41, 5.74) is 1.08. The first-order chi connectivity index (χ1) is 14.3. The van der Waals surface area contributed by atoms with E-state index in [1.54, 1.807) is 22.9 Å². The number of nitrogens with one attached hydrogen (secondary N) is 1. The summed E-state index contributed by atoms with van der Waals surface area (Å²) in [7, 11) is -3.40. The van der Waals surface area contributed by atoms with E-state index >= 15 is 0 Å². The Morgan fingerprint density at radius 3 is 2.73 bits per heavy atom. The number of anilines is 1. The maximum Gasteiger partial charge on any atom is 0.274 e. The van der Waals surface area contributed by atoms with E-state index < -0.39 is 21.6 Å². The van der Waals surface area contributed by atoms with E-state index in [-0.39, 0.29) is 4.90 Å². The van der Waals surface area contributed by atoms with Gasteiger partial charge in [0.05, 0.1) is 10.4 Å². The molecule has 9 heteroatoms. The highest BCUT2D eigenvalue weighted by Crippen LogP contribution is 2.25. The van der Waals surface area contributed by atoms with Crippen LogP contribution in [-0.4, -0.2) is 43.6 Å². The quantitative estimate of drug-likeness (QED) is 0.670. The molecule has 2 heterocycles. The van der Waals surface area contributed by atoms with E-state index in [9.17, 15) is 17.6 Å². The Kier molecular flexibility index (Phi) is 5.57. The standard InChI is InChI=1S/C21H22FN3O4S/c1-30(27,28)17-4-2-3-16(12-17)23-21(26)20-18-6-5-15(22)11-19(18)24-25(20)13-14-7-9-29-10-8-14/h2-6,11-12,14H,7-10,13H2,1H3,(H,23,26). The van der Waals surface area contributed by atoms with Gasteiger partial charge in [0.2, 0.25) is 0 Å². The van der Waals surface area contributed by atoms with Crippen LogP contribution in [0.5, 0.6) is 0 Å². The van der Waals surface area contributed by atoms with E-state index in [0.29, 0.717) is 48.0 Å². The molecule has 30 heavy (non-hydrogen) atoms. The molecule has 1 aromatic heterocycles. The smallest absolute Gasteiger partial charge is 0.274 e. The fourth-order valence-corrected chi connectivity index (χ4v) is 4.31. The van der Waals surface area contributed by atoms with Gasteiger partial charge in [0.15, 0.2) is 9.84 Å². The lowest BCUT2D eigenvalue weighted by Crippen LogP contribution is -2.24. The van der Waals surface area contributed by atoms with Crippen LogP contribution in [-0.2, 0) is 21.1 Å². The number of amides is 1. The van der Waals surface area contributed by atoms with Crippen molar-refractivity contribution in [3.63, 3.8) is 0 Å². The fourth-order valence-electron chi connectivity index (χ4n) is 3.65. The molecule has 158 valence electrons. The number of fused-ring (bicyclic) bond motifs is 1. The molecule has 0 atom stereocenters. The van der Waals surface area contributed by atoms with E-state index in [2.05, 4.69) is 10.4 Å². The molecule has 0 aliphatic carbocycles. The van der Waals surface area contributed by atoms with Crippen LogP contribution in [0.1, 0.15) is 23.3 Å². The normalized spacial score (nSPS) is 15.4. The van der Waals surface area contributed by atoms with Crippen molar-refractivity contribution >= 4 is 32.3 Å². The number of aromatic nitrogens is 2. The third-order valence-electron chi connectivity index (χ3n) is 5.21. The second kappa shape index (κ2) is 8.16. The lowest BCUT2D eigenvalue weighted by atomic mass is 10.0. The minimum atomic E-state index is -3.40. The fraction of sp³-hybridized carbons (Fsp3) is 0.333. The molecule has 7 nitrogen and oxygen atoms in total. The highest BCUT2D eigenvalue weighted by Gasteiger charge is 2.23. The van der Waals surface area contributed by atoms with E-state index in [4.69, 9.17) is 4.74 Å². The van der Waals surface area contributed by atoms with Crippen molar-refractivity contribution in [2.45, 2.75) is 24.3 Å². The van der Waals surface area contributed by atoms with E-state index in [1.165, 1.54) is 24.3 Å². The third-order valence-corrected chi connectivity index (χ3v) is 6.32. The van der Waals surface area contributed by atoms with Crippen molar-refractivity contribution in [1.29, 1.82) is 0 Å². The lowest BCUT2D eigenvalue weighted by Gasteiger charge is -2.22. The molecule has 0 spiro atoms. The first-order valence-corrected chi connectivity index (χ1v) is 11.6. The zero-order valence-electron chi connectivity index (χ0n) is 16.5. The second-order valence-electron chi connectivity index (χ2n) is 7.50. The zero-order valence-corrected chi connectivity index (χ0v) is 17.3. The number of hydrogen-bond donors (Lipinski definition) is 1. The summed E-state index contributed by atoms with van der Waals surface area (Å²) in [4.78, 5) is 13.3. The summed E-state index contributed by atoms with van der Waals surface area (Å²) < 4.78 is 44.4. The van der Waals surface area contributed by atoms with Gasteiger partial charge in [-0.1, -0.05) is 6.07 Å². The van der Waals surface area contributed by atoms with Crippen LogP contribution in [0, 0.1) is 11.7 Å². The van der Waals surface area contributed by atoms with Gasteiger partial charge >= 0.3 is 0 Å². The van der Waals surface area contributed by atoms with E-state index in [0.717, 1.165) is 19.1 Å². The summed E-state index contributed by atoms with van der Waals surface area (Å²) in [6.45, 7) is 1.85. The van der Waals surface area contributed by atoms with Gasteiger partial charge in [0, 0.05) is 43.2 Å². The average Bonchev–Trinajstić information content (AvgIpc) is 3.05. The van der Waals surface area contributed by atoms with Crippen molar-refractivity contribution < 1.29 is 22.3 Å². The van der Waals surface area contributed by atoms with E-state index in [1.807, 2.05) is 0 Å². The van der Waals surface area contributed by atoms with Crippen LogP contribution in [0.3, 0.4) is 0 Å². The largest absolute Gasteiger partial charge is 0.381 e. The Balaban J connectivity index is 1.69. The summed E-state index contributed by atoms with van der Waals surface area (Å²) in [5.74, 6) is -0.550. The van der Waals surface area contributed by atoms with Crippen molar-refractivity contribution in [2.75, 3.05) is 24.8 Å². The predicted octanol–water partition coefficient (Wildman–Crippen LogP) is 3.26. The van der Waals surface area contributed by atoms with Gasteiger partial charge in [0.1, 0.15) is 11.5 Å². The molecule has 1 aliphatic heterocycles. The molecule has 1 N–H and O–H groups in total. The molecule has 1 saturated heterocycles. The summed E-state index contributed by atoms with van der Waals surface area (Å²) in [6, 6.07) is 10.2. The zero-order chi connectivity index (χ0) is 21.3. The highest BCUT2D eigenvalue weighted by molar-refractivity contribution is 7.90. The number of ether oxygens (including phenoxy) is 1. The molecule has 4 rings (SSSR count). The third kappa shape index (κ3) is 4.36. The number of halogens is 1. The number of carbonyl (C=O) groups is 1. The topological polar surface area (TPSA) is 90.3 Å². The molecule has 0 saturated carbocycles. The molecule has 2 aromatic carbocycles. The molecule has 0 unspecified atom stereocenters. The predicted molar refractivity (Wildman–Crippen MR) is 111 cm³/mol. The Morgan fingerprint density at radius 2 is 2.00 bits per heavy atom. The number of hydrogen-bond acceptors (Lipinski definition) is 5. The Hall–Kier alpha value is -2.78.